The second-order valence-corrected chi connectivity index (χ2v) is 11.2. The van der Waals surface area contributed by atoms with Crippen molar-refractivity contribution in [3.05, 3.63) is 44.2 Å². The Morgan fingerprint density at radius 1 is 1.27 bits per heavy atom. The number of hydrogen-bond donors (Lipinski definition) is 1. The van der Waals surface area contributed by atoms with Crippen molar-refractivity contribution in [2.75, 3.05) is 11.1 Å². The summed E-state index contributed by atoms with van der Waals surface area (Å²) in [7, 11) is 0. The van der Waals surface area contributed by atoms with E-state index in [2.05, 4.69) is 27.0 Å². The highest BCUT2D eigenvalue weighted by molar-refractivity contribution is 7.99. The van der Waals surface area contributed by atoms with Gasteiger partial charge in [-0.05, 0) is 63.5 Å². The summed E-state index contributed by atoms with van der Waals surface area (Å²) in [6, 6.07) is 4.11. The summed E-state index contributed by atoms with van der Waals surface area (Å²) in [6.07, 6.45) is 4.48. The van der Waals surface area contributed by atoms with E-state index in [1.165, 1.54) is 32.9 Å². The molecule has 7 nitrogen and oxygen atoms in total. The van der Waals surface area contributed by atoms with Crippen molar-refractivity contribution in [2.45, 2.75) is 70.7 Å². The molecule has 4 rings (SSSR count). The van der Waals surface area contributed by atoms with E-state index >= 15 is 0 Å². The van der Waals surface area contributed by atoms with E-state index in [1.54, 1.807) is 11.3 Å². The van der Waals surface area contributed by atoms with Gasteiger partial charge in [0.15, 0.2) is 5.16 Å². The minimum absolute atomic E-state index is 0.164. The summed E-state index contributed by atoms with van der Waals surface area (Å²) >= 11 is 4.56. The molecule has 10 heteroatoms. The van der Waals surface area contributed by atoms with E-state index in [0.717, 1.165) is 55.2 Å². The fourth-order valence-corrected chi connectivity index (χ4v) is 6.70. The van der Waals surface area contributed by atoms with Crippen molar-refractivity contribution in [1.29, 1.82) is 0 Å². The molecule has 3 aromatic heterocycles. The van der Waals surface area contributed by atoms with Crippen LogP contribution in [0, 0.1) is 0 Å². The van der Waals surface area contributed by atoms with Crippen LogP contribution in [0.1, 0.15) is 65.1 Å². The number of rotatable bonds is 9. The van der Waals surface area contributed by atoms with Crippen LogP contribution in [0.4, 0.5) is 5.00 Å². The van der Waals surface area contributed by atoms with Crippen molar-refractivity contribution >= 4 is 51.3 Å². The average molecular weight is 505 g/mol. The first kappa shape index (κ1) is 24.0. The molecule has 0 atom stereocenters. The summed E-state index contributed by atoms with van der Waals surface area (Å²) in [4.78, 5) is 28.0. The number of anilines is 1. The first-order valence-electron chi connectivity index (χ1n) is 11.2. The normalized spacial score (nSPS) is 13.2. The maximum Gasteiger partial charge on any atom is 0.341 e. The topological polar surface area (TPSA) is 86.1 Å². The number of amides is 1. The largest absolute Gasteiger partial charge is 0.459 e. The monoisotopic (exact) mass is 504 g/mol. The van der Waals surface area contributed by atoms with Crippen LogP contribution in [0.25, 0.3) is 0 Å². The van der Waals surface area contributed by atoms with Gasteiger partial charge in [0.2, 0.25) is 5.91 Å². The molecule has 0 aliphatic heterocycles. The molecule has 3 aromatic rings. The number of aromatic nitrogens is 3. The van der Waals surface area contributed by atoms with E-state index in [-0.39, 0.29) is 23.7 Å². The molecule has 0 aromatic carbocycles. The zero-order valence-electron chi connectivity index (χ0n) is 19.1. The minimum Gasteiger partial charge on any atom is -0.459 e. The van der Waals surface area contributed by atoms with Crippen molar-refractivity contribution in [1.82, 2.24) is 14.8 Å². The number of aryl methyl sites for hydroxylation is 1. The molecule has 1 aliphatic carbocycles. The lowest BCUT2D eigenvalue weighted by atomic mass is 9.95. The van der Waals surface area contributed by atoms with Crippen molar-refractivity contribution in [3.8, 4) is 0 Å². The molecule has 0 unspecified atom stereocenters. The third-order valence-electron chi connectivity index (χ3n) is 5.33. The molecule has 1 aliphatic rings. The van der Waals surface area contributed by atoms with Gasteiger partial charge in [-0.25, -0.2) is 4.79 Å². The van der Waals surface area contributed by atoms with Gasteiger partial charge in [0, 0.05) is 22.7 Å². The number of carbonyl (C=O) groups excluding carboxylic acids is 2. The zero-order chi connectivity index (χ0) is 23.4. The fraction of sp³-hybridized carbons (Fsp3) is 0.478. The Kier molecular flexibility index (Phi) is 7.87. The summed E-state index contributed by atoms with van der Waals surface area (Å²) in [5.74, 6) is 0.574. The molecule has 3 heterocycles. The minimum atomic E-state index is -0.351. The lowest BCUT2D eigenvalue weighted by Crippen LogP contribution is -2.19. The molecule has 1 amide bonds. The van der Waals surface area contributed by atoms with Gasteiger partial charge in [0.1, 0.15) is 10.8 Å². The maximum absolute atomic E-state index is 12.8. The first-order valence-corrected chi connectivity index (χ1v) is 13.9. The number of thioether (sulfide) groups is 1. The van der Waals surface area contributed by atoms with Crippen LogP contribution in [0.3, 0.4) is 0 Å². The summed E-state index contributed by atoms with van der Waals surface area (Å²) in [6.45, 7) is 6.46. The quantitative estimate of drug-likeness (QED) is 0.319. The second-order valence-electron chi connectivity index (χ2n) is 8.11. The first-order chi connectivity index (χ1) is 16.0. The van der Waals surface area contributed by atoms with E-state index in [9.17, 15) is 9.59 Å². The molecule has 0 bridgehead atoms. The van der Waals surface area contributed by atoms with Crippen LogP contribution in [0.5, 0.6) is 0 Å². The molecular weight excluding hydrogens is 476 g/mol. The van der Waals surface area contributed by atoms with Gasteiger partial charge in [-0.15, -0.1) is 32.9 Å². The van der Waals surface area contributed by atoms with Gasteiger partial charge in [0.25, 0.3) is 0 Å². The SMILES string of the molecule is CCn1c(Cc2cccs2)nnc1SCC(=O)Nc1sc2c(c1C(=O)OC(C)C)CCCC2. The van der Waals surface area contributed by atoms with E-state index in [0.29, 0.717) is 10.6 Å². The Morgan fingerprint density at radius 3 is 2.82 bits per heavy atom. The van der Waals surface area contributed by atoms with Crippen LogP contribution < -0.4 is 5.32 Å². The second kappa shape index (κ2) is 10.8. The molecule has 0 fully saturated rings. The highest BCUT2D eigenvalue weighted by Crippen LogP contribution is 2.39. The number of thiophene rings is 2. The predicted molar refractivity (Wildman–Crippen MR) is 134 cm³/mol. The van der Waals surface area contributed by atoms with Gasteiger partial charge >= 0.3 is 5.97 Å². The van der Waals surface area contributed by atoms with Gasteiger partial charge < -0.3 is 14.6 Å². The van der Waals surface area contributed by atoms with E-state index < -0.39 is 0 Å². The third-order valence-corrected chi connectivity index (χ3v) is 8.38. The van der Waals surface area contributed by atoms with Crippen molar-refractivity contribution in [3.63, 3.8) is 0 Å². The maximum atomic E-state index is 12.8. The fourth-order valence-electron chi connectivity index (χ4n) is 3.88. The van der Waals surface area contributed by atoms with Gasteiger partial charge in [-0.2, -0.15) is 0 Å². The van der Waals surface area contributed by atoms with Crippen molar-refractivity contribution in [2.24, 2.45) is 0 Å². The average Bonchev–Trinajstić information content (AvgIpc) is 3.50. The van der Waals surface area contributed by atoms with Crippen LogP contribution in [-0.2, 0) is 35.3 Å². The standard InChI is InChI=1S/C23H28N4O3S3/c1-4-27-18(12-15-8-7-11-31-15)25-26-23(27)32-13-19(28)24-21-20(22(29)30-14(2)3)16-9-5-6-10-17(16)33-21/h7-8,11,14H,4-6,9-10,12-13H2,1-3H3,(H,24,28). The summed E-state index contributed by atoms with van der Waals surface area (Å²) < 4.78 is 7.53. The number of fused-ring (bicyclic) bond motifs is 1. The number of nitrogens with one attached hydrogen (secondary N) is 1. The van der Waals surface area contributed by atoms with Crippen LogP contribution in [0.2, 0.25) is 0 Å². The predicted octanol–water partition coefficient (Wildman–Crippen LogP) is 5.19. The number of hydrogen-bond acceptors (Lipinski definition) is 8. The lowest BCUT2D eigenvalue weighted by Gasteiger charge is -2.14. The summed E-state index contributed by atoms with van der Waals surface area (Å²) in [5.41, 5.74) is 1.58. The third kappa shape index (κ3) is 5.67. The number of ether oxygens (including phenoxy) is 1. The number of esters is 1. The smallest absolute Gasteiger partial charge is 0.341 e. The number of nitrogens with zero attached hydrogens (tertiary/aromatic N) is 3. The van der Waals surface area contributed by atoms with Crippen LogP contribution >= 0.6 is 34.4 Å². The molecule has 0 saturated heterocycles. The molecule has 176 valence electrons. The Balaban J connectivity index is 1.45. The Labute approximate surface area is 206 Å². The Hall–Kier alpha value is -2.17. The van der Waals surface area contributed by atoms with Crippen LogP contribution in [-0.4, -0.2) is 38.5 Å². The molecule has 0 radical (unpaired) electrons. The molecule has 0 spiro atoms. The van der Waals surface area contributed by atoms with Gasteiger partial charge in [0.05, 0.1) is 17.4 Å². The Morgan fingerprint density at radius 2 is 2.09 bits per heavy atom. The van der Waals surface area contributed by atoms with Crippen molar-refractivity contribution < 1.29 is 14.3 Å². The highest BCUT2D eigenvalue weighted by Gasteiger charge is 2.28. The lowest BCUT2D eigenvalue weighted by molar-refractivity contribution is -0.113. The van der Waals surface area contributed by atoms with E-state index in [1.807, 2.05) is 31.4 Å². The molecule has 0 saturated carbocycles. The molecular formula is C23H28N4O3S3. The Bertz CT molecular complexity index is 1120. The van der Waals surface area contributed by atoms with Gasteiger partial charge in [-0.1, -0.05) is 17.8 Å². The highest BCUT2D eigenvalue weighted by atomic mass is 32.2. The molecule has 33 heavy (non-hydrogen) atoms. The van der Waals surface area contributed by atoms with Crippen LogP contribution in [0.15, 0.2) is 22.7 Å². The summed E-state index contributed by atoms with van der Waals surface area (Å²) in [5, 5.41) is 15.0. The zero-order valence-corrected chi connectivity index (χ0v) is 21.5. The van der Waals surface area contributed by atoms with E-state index in [4.69, 9.17) is 4.74 Å². The number of carbonyl (C=O) groups is 2. The van der Waals surface area contributed by atoms with Gasteiger partial charge in [-0.3, -0.25) is 4.79 Å². The molecule has 1 N–H and O–H groups in total.